The molecule has 0 amide bonds. The molecule has 1 N–H and O–H groups in total. The molecule has 2 aromatic rings. The molecule has 7 heteroatoms. The zero-order chi connectivity index (χ0) is 17.2. The molecular weight excluding hydrogens is 326 g/mol. The van der Waals surface area contributed by atoms with Gasteiger partial charge in [0.25, 0.3) is 0 Å². The van der Waals surface area contributed by atoms with Gasteiger partial charge in [0, 0.05) is 25.1 Å². The first-order valence-electron chi connectivity index (χ1n) is 8.14. The first-order chi connectivity index (χ1) is 11.4. The molecule has 0 spiro atoms. The average Bonchev–Trinajstić information content (AvgIpc) is 3.28. The highest BCUT2D eigenvalue weighted by Crippen LogP contribution is 2.39. The van der Waals surface area contributed by atoms with Gasteiger partial charge in [-0.1, -0.05) is 22.9 Å². The van der Waals surface area contributed by atoms with Gasteiger partial charge in [-0.25, -0.2) is 13.1 Å². The minimum atomic E-state index is -3.46. The topological polar surface area (TPSA) is 75.4 Å². The molecule has 1 aliphatic carbocycles. The molecule has 0 unspecified atom stereocenters. The second kappa shape index (κ2) is 7.04. The van der Waals surface area contributed by atoms with Crippen LogP contribution in [0, 0.1) is 6.92 Å². The summed E-state index contributed by atoms with van der Waals surface area (Å²) in [6.45, 7) is 3.48. The first-order valence-corrected chi connectivity index (χ1v) is 9.63. The van der Waals surface area contributed by atoms with E-state index in [0.29, 0.717) is 30.4 Å². The number of hydrogen-bond donors (Lipinski definition) is 1. The second-order valence-electron chi connectivity index (χ2n) is 6.44. The number of likely N-dealkylation sites (N-methyl/N-ethyl adjacent to an activating group) is 1. The molecule has 1 heterocycles. The van der Waals surface area contributed by atoms with Crippen molar-refractivity contribution >= 4 is 10.0 Å². The molecule has 0 radical (unpaired) electrons. The Labute approximate surface area is 142 Å². The summed E-state index contributed by atoms with van der Waals surface area (Å²) in [5.41, 5.74) is 2.07. The van der Waals surface area contributed by atoms with Crippen molar-refractivity contribution in [2.24, 2.45) is 0 Å². The van der Waals surface area contributed by atoms with Crippen LogP contribution in [0.15, 0.2) is 39.8 Å². The number of benzene rings is 1. The van der Waals surface area contributed by atoms with E-state index < -0.39 is 10.0 Å². The summed E-state index contributed by atoms with van der Waals surface area (Å²) in [5, 5.41) is 4.08. The Morgan fingerprint density at radius 2 is 2.00 bits per heavy atom. The van der Waals surface area contributed by atoms with Gasteiger partial charge in [0.2, 0.25) is 10.0 Å². The quantitative estimate of drug-likeness (QED) is 0.791. The third-order valence-electron chi connectivity index (χ3n) is 4.12. The normalized spacial score (nSPS) is 15.1. The highest BCUT2D eigenvalue weighted by atomic mass is 32.2. The van der Waals surface area contributed by atoms with Crippen molar-refractivity contribution in [3.05, 3.63) is 47.3 Å². The molecule has 3 rings (SSSR count). The Balaban J connectivity index is 1.46. The summed E-state index contributed by atoms with van der Waals surface area (Å²) in [7, 11) is -1.53. The molecule has 0 bridgehead atoms. The lowest BCUT2D eigenvalue weighted by atomic mass is 10.2. The third-order valence-corrected chi connectivity index (χ3v) is 5.59. The largest absolute Gasteiger partial charge is 0.360 e. The van der Waals surface area contributed by atoms with Crippen LogP contribution >= 0.6 is 0 Å². The lowest BCUT2D eigenvalue weighted by Gasteiger charge is -2.15. The van der Waals surface area contributed by atoms with Gasteiger partial charge in [0.05, 0.1) is 17.1 Å². The van der Waals surface area contributed by atoms with Gasteiger partial charge in [-0.05, 0) is 38.9 Å². The summed E-state index contributed by atoms with van der Waals surface area (Å²) in [6.07, 6.45) is 2.39. The number of hydrogen-bond acceptors (Lipinski definition) is 5. The first kappa shape index (κ1) is 17.1. The van der Waals surface area contributed by atoms with Gasteiger partial charge in [0.15, 0.2) is 5.76 Å². The molecule has 130 valence electrons. The van der Waals surface area contributed by atoms with Crippen LogP contribution in [0.2, 0.25) is 0 Å². The molecule has 1 saturated carbocycles. The number of rotatable bonds is 8. The van der Waals surface area contributed by atoms with Crippen molar-refractivity contribution < 1.29 is 12.9 Å². The summed E-state index contributed by atoms with van der Waals surface area (Å²) in [6, 6.07) is 8.83. The number of nitrogens with zero attached hydrogens (tertiary/aromatic N) is 2. The van der Waals surface area contributed by atoms with E-state index in [2.05, 4.69) is 9.88 Å². The van der Waals surface area contributed by atoms with Crippen LogP contribution in [0.1, 0.15) is 35.8 Å². The molecule has 0 atom stereocenters. The van der Waals surface area contributed by atoms with E-state index in [9.17, 15) is 8.42 Å². The van der Waals surface area contributed by atoms with Crippen molar-refractivity contribution in [1.29, 1.82) is 0 Å². The maximum Gasteiger partial charge on any atom is 0.240 e. The van der Waals surface area contributed by atoms with E-state index in [-0.39, 0.29) is 0 Å². The van der Waals surface area contributed by atoms with Crippen LogP contribution in [0.5, 0.6) is 0 Å². The van der Waals surface area contributed by atoms with Crippen LogP contribution in [0.3, 0.4) is 0 Å². The van der Waals surface area contributed by atoms with Gasteiger partial charge in [-0.3, -0.25) is 4.90 Å². The van der Waals surface area contributed by atoms with Crippen LogP contribution < -0.4 is 4.72 Å². The molecule has 1 aromatic carbocycles. The Kier molecular flexibility index (Phi) is 5.03. The van der Waals surface area contributed by atoms with Crippen molar-refractivity contribution in [2.75, 3.05) is 20.1 Å². The minimum absolute atomic E-state index is 0.292. The maximum absolute atomic E-state index is 12.2. The van der Waals surface area contributed by atoms with Crippen LogP contribution in [0.25, 0.3) is 0 Å². The molecule has 0 saturated heterocycles. The molecule has 0 aliphatic heterocycles. The molecular formula is C17H23N3O3S. The Morgan fingerprint density at radius 3 is 2.67 bits per heavy atom. The fourth-order valence-corrected chi connectivity index (χ4v) is 3.51. The highest BCUT2D eigenvalue weighted by molar-refractivity contribution is 7.89. The van der Waals surface area contributed by atoms with Crippen LogP contribution in [0.4, 0.5) is 0 Å². The van der Waals surface area contributed by atoms with Gasteiger partial charge in [0.1, 0.15) is 0 Å². The molecule has 1 aromatic heterocycles. The molecule has 1 aliphatic rings. The molecule has 1 fully saturated rings. The zero-order valence-electron chi connectivity index (χ0n) is 14.0. The number of aryl methyl sites for hydroxylation is 1. The minimum Gasteiger partial charge on any atom is -0.360 e. The summed E-state index contributed by atoms with van der Waals surface area (Å²) >= 11 is 0. The summed E-state index contributed by atoms with van der Waals surface area (Å²) in [4.78, 5) is 2.30. The Bertz CT molecular complexity index is 780. The van der Waals surface area contributed by atoms with Crippen molar-refractivity contribution in [1.82, 2.24) is 14.8 Å². The number of nitrogens with one attached hydrogen (secondary N) is 1. The van der Waals surface area contributed by atoms with E-state index in [1.165, 1.54) is 12.8 Å². The zero-order valence-corrected chi connectivity index (χ0v) is 14.8. The van der Waals surface area contributed by atoms with Gasteiger partial charge >= 0.3 is 0 Å². The second-order valence-corrected chi connectivity index (χ2v) is 8.21. The van der Waals surface area contributed by atoms with E-state index in [4.69, 9.17) is 4.52 Å². The lowest BCUT2D eigenvalue weighted by molar-refractivity contribution is 0.275. The SMILES string of the molecule is Cc1ccc(S(=O)(=O)NCCN(C)Cc2cc(C3CC3)no2)cc1. The Hall–Kier alpha value is -1.70. The monoisotopic (exact) mass is 349 g/mol. The number of aromatic nitrogens is 1. The third kappa shape index (κ3) is 4.43. The predicted octanol–water partition coefficient (Wildman–Crippen LogP) is 2.27. The maximum atomic E-state index is 12.2. The summed E-state index contributed by atoms with van der Waals surface area (Å²) < 4.78 is 32.4. The standard InChI is InChI=1S/C17H23N3O3S/c1-13-3-7-16(8-4-13)24(21,22)18-9-10-20(2)12-15-11-17(19-23-15)14-5-6-14/h3-4,7-8,11,14,18H,5-6,9-10,12H2,1-2H3. The van der Waals surface area contributed by atoms with Crippen molar-refractivity contribution in [3.63, 3.8) is 0 Å². The lowest BCUT2D eigenvalue weighted by Crippen LogP contribution is -2.32. The molecule has 24 heavy (non-hydrogen) atoms. The van der Waals surface area contributed by atoms with Crippen molar-refractivity contribution in [3.8, 4) is 0 Å². The smallest absolute Gasteiger partial charge is 0.240 e. The predicted molar refractivity (Wildman–Crippen MR) is 91.2 cm³/mol. The van der Waals surface area contributed by atoms with Crippen molar-refractivity contribution in [2.45, 2.75) is 37.1 Å². The fraction of sp³-hybridized carbons (Fsp3) is 0.471. The molecule has 6 nitrogen and oxygen atoms in total. The van der Waals surface area contributed by atoms with E-state index in [1.54, 1.807) is 24.3 Å². The Morgan fingerprint density at radius 1 is 1.29 bits per heavy atom. The van der Waals surface area contributed by atoms with Gasteiger partial charge < -0.3 is 4.52 Å². The van der Waals surface area contributed by atoms with E-state index in [1.807, 2.05) is 24.9 Å². The summed E-state index contributed by atoms with van der Waals surface area (Å²) in [5.74, 6) is 1.40. The van der Waals surface area contributed by atoms with E-state index in [0.717, 1.165) is 17.0 Å². The van der Waals surface area contributed by atoms with Crippen LogP contribution in [-0.2, 0) is 16.6 Å². The van der Waals surface area contributed by atoms with Gasteiger partial charge in [-0.2, -0.15) is 0 Å². The van der Waals surface area contributed by atoms with E-state index >= 15 is 0 Å². The highest BCUT2D eigenvalue weighted by Gasteiger charge is 2.27. The van der Waals surface area contributed by atoms with Gasteiger partial charge in [-0.15, -0.1) is 0 Å². The van der Waals surface area contributed by atoms with Crippen LogP contribution in [-0.4, -0.2) is 38.6 Å². The fourth-order valence-electron chi connectivity index (χ4n) is 2.49. The number of sulfonamides is 1. The average molecular weight is 349 g/mol.